The first kappa shape index (κ1) is 17.0. The molecule has 0 aliphatic carbocycles. The number of hydrogen-bond acceptors (Lipinski definition) is 3. The van der Waals surface area contributed by atoms with Crippen molar-refractivity contribution in [3.05, 3.63) is 72.1 Å². The van der Waals surface area contributed by atoms with Gasteiger partial charge in [-0.25, -0.2) is 0 Å². The molecule has 2 heterocycles. The van der Waals surface area contributed by atoms with E-state index >= 15 is 0 Å². The normalized spacial score (nSPS) is 10.9. The Morgan fingerprint density at radius 1 is 1.16 bits per heavy atom. The molecule has 0 spiro atoms. The van der Waals surface area contributed by atoms with Crippen molar-refractivity contribution in [1.29, 1.82) is 0 Å². The third-order valence-electron chi connectivity index (χ3n) is 4.17. The number of pyridine rings is 1. The van der Waals surface area contributed by atoms with Crippen molar-refractivity contribution in [2.45, 2.75) is 33.4 Å². The van der Waals surface area contributed by atoms with E-state index < -0.39 is 0 Å². The van der Waals surface area contributed by atoms with Crippen LogP contribution < -0.4 is 4.74 Å². The molecular formula is C21H23N3O. The molecule has 0 saturated carbocycles. The molecule has 0 unspecified atom stereocenters. The molecule has 128 valence electrons. The fourth-order valence-corrected chi connectivity index (χ4v) is 2.93. The van der Waals surface area contributed by atoms with E-state index in [1.165, 1.54) is 5.56 Å². The summed E-state index contributed by atoms with van der Waals surface area (Å²) in [5.74, 6) is 0.751. The van der Waals surface area contributed by atoms with Gasteiger partial charge in [-0.05, 0) is 55.7 Å². The molecule has 3 rings (SSSR count). The van der Waals surface area contributed by atoms with E-state index in [9.17, 15) is 0 Å². The highest BCUT2D eigenvalue weighted by Gasteiger charge is 2.15. The zero-order chi connectivity index (χ0) is 17.8. The fourth-order valence-electron chi connectivity index (χ4n) is 2.93. The second-order valence-electron chi connectivity index (χ2n) is 6.25. The zero-order valence-electron chi connectivity index (χ0n) is 14.9. The molecule has 0 bridgehead atoms. The highest BCUT2D eigenvalue weighted by atomic mass is 16.5. The molecule has 25 heavy (non-hydrogen) atoms. The SMILES string of the molecule is C=Cc1c(C)cccc1COc1cccnc1-c1ccnn1C(C)C. The summed E-state index contributed by atoms with van der Waals surface area (Å²) in [5.41, 5.74) is 5.20. The van der Waals surface area contributed by atoms with Crippen molar-refractivity contribution >= 4 is 6.08 Å². The summed E-state index contributed by atoms with van der Waals surface area (Å²) in [6, 6.07) is 12.2. The lowest BCUT2D eigenvalue weighted by Gasteiger charge is -2.15. The van der Waals surface area contributed by atoms with E-state index in [1.807, 2.05) is 35.0 Å². The minimum Gasteiger partial charge on any atom is -0.487 e. The van der Waals surface area contributed by atoms with Crippen LogP contribution in [0, 0.1) is 6.92 Å². The van der Waals surface area contributed by atoms with Gasteiger partial charge in [-0.2, -0.15) is 5.10 Å². The monoisotopic (exact) mass is 333 g/mol. The summed E-state index contributed by atoms with van der Waals surface area (Å²) in [5, 5.41) is 4.40. The summed E-state index contributed by atoms with van der Waals surface area (Å²) in [6.07, 6.45) is 5.46. The molecule has 0 radical (unpaired) electrons. The van der Waals surface area contributed by atoms with Gasteiger partial charge in [0.15, 0.2) is 0 Å². The number of hydrogen-bond donors (Lipinski definition) is 0. The minimum atomic E-state index is 0.254. The van der Waals surface area contributed by atoms with Crippen LogP contribution in [-0.4, -0.2) is 14.8 Å². The number of aryl methyl sites for hydroxylation is 1. The average Bonchev–Trinajstić information content (AvgIpc) is 3.10. The molecule has 3 aromatic rings. The van der Waals surface area contributed by atoms with Crippen LogP contribution in [0.3, 0.4) is 0 Å². The second-order valence-corrected chi connectivity index (χ2v) is 6.25. The van der Waals surface area contributed by atoms with Gasteiger partial charge in [0.05, 0.1) is 5.69 Å². The molecule has 0 N–H and O–H groups in total. The van der Waals surface area contributed by atoms with E-state index in [0.29, 0.717) is 6.61 Å². The fraction of sp³-hybridized carbons (Fsp3) is 0.238. The van der Waals surface area contributed by atoms with Gasteiger partial charge in [0.25, 0.3) is 0 Å². The lowest BCUT2D eigenvalue weighted by atomic mass is 10.0. The van der Waals surface area contributed by atoms with E-state index in [-0.39, 0.29) is 6.04 Å². The highest BCUT2D eigenvalue weighted by Crippen LogP contribution is 2.30. The maximum Gasteiger partial charge on any atom is 0.147 e. The summed E-state index contributed by atoms with van der Waals surface area (Å²) >= 11 is 0. The third kappa shape index (κ3) is 3.48. The van der Waals surface area contributed by atoms with Gasteiger partial charge in [-0.15, -0.1) is 0 Å². The first-order chi connectivity index (χ1) is 12.1. The molecule has 0 aliphatic heterocycles. The topological polar surface area (TPSA) is 39.9 Å². The van der Waals surface area contributed by atoms with E-state index in [2.05, 4.69) is 49.6 Å². The Hall–Kier alpha value is -2.88. The molecule has 0 atom stereocenters. The van der Waals surface area contributed by atoms with Crippen molar-refractivity contribution in [3.8, 4) is 17.1 Å². The van der Waals surface area contributed by atoms with Crippen LogP contribution in [0.25, 0.3) is 17.5 Å². The van der Waals surface area contributed by atoms with Crippen LogP contribution in [0.1, 0.15) is 36.6 Å². The molecule has 0 fully saturated rings. The van der Waals surface area contributed by atoms with Crippen LogP contribution >= 0.6 is 0 Å². The highest BCUT2D eigenvalue weighted by molar-refractivity contribution is 5.63. The lowest BCUT2D eigenvalue weighted by molar-refractivity contribution is 0.305. The predicted molar refractivity (Wildman–Crippen MR) is 101 cm³/mol. The van der Waals surface area contributed by atoms with Gasteiger partial charge in [0, 0.05) is 18.4 Å². The quantitative estimate of drug-likeness (QED) is 0.633. The molecular weight excluding hydrogens is 310 g/mol. The van der Waals surface area contributed by atoms with Gasteiger partial charge in [-0.1, -0.05) is 30.9 Å². The maximum absolute atomic E-state index is 6.13. The minimum absolute atomic E-state index is 0.254. The van der Waals surface area contributed by atoms with Gasteiger partial charge in [0.2, 0.25) is 0 Å². The third-order valence-corrected chi connectivity index (χ3v) is 4.17. The van der Waals surface area contributed by atoms with Gasteiger partial charge >= 0.3 is 0 Å². The molecule has 0 aliphatic rings. The van der Waals surface area contributed by atoms with E-state index in [0.717, 1.165) is 28.3 Å². The van der Waals surface area contributed by atoms with Gasteiger partial charge < -0.3 is 4.74 Å². The maximum atomic E-state index is 6.13. The molecule has 1 aromatic carbocycles. The first-order valence-electron chi connectivity index (χ1n) is 8.44. The summed E-state index contributed by atoms with van der Waals surface area (Å²) < 4.78 is 8.08. The Bertz CT molecular complexity index is 880. The summed E-state index contributed by atoms with van der Waals surface area (Å²) in [6.45, 7) is 10.7. The van der Waals surface area contributed by atoms with Crippen LogP contribution in [0.4, 0.5) is 0 Å². The number of aromatic nitrogens is 3. The molecule has 0 amide bonds. The van der Waals surface area contributed by atoms with Crippen molar-refractivity contribution in [2.24, 2.45) is 0 Å². The average molecular weight is 333 g/mol. The Morgan fingerprint density at radius 2 is 2.00 bits per heavy atom. The smallest absolute Gasteiger partial charge is 0.147 e. The van der Waals surface area contributed by atoms with Crippen LogP contribution in [0.15, 0.2) is 55.4 Å². The molecule has 4 nitrogen and oxygen atoms in total. The predicted octanol–water partition coefficient (Wildman–Crippen LogP) is 5.06. The first-order valence-corrected chi connectivity index (χ1v) is 8.44. The van der Waals surface area contributed by atoms with Gasteiger partial charge in [0.1, 0.15) is 18.1 Å². The molecule has 0 saturated heterocycles. The van der Waals surface area contributed by atoms with E-state index in [1.54, 1.807) is 12.4 Å². The largest absolute Gasteiger partial charge is 0.487 e. The van der Waals surface area contributed by atoms with Crippen molar-refractivity contribution in [3.63, 3.8) is 0 Å². The van der Waals surface area contributed by atoms with Crippen LogP contribution in [-0.2, 0) is 6.61 Å². The summed E-state index contributed by atoms with van der Waals surface area (Å²) in [4.78, 5) is 4.53. The number of rotatable bonds is 6. The lowest BCUT2D eigenvalue weighted by Crippen LogP contribution is -2.07. The van der Waals surface area contributed by atoms with E-state index in [4.69, 9.17) is 4.74 Å². The van der Waals surface area contributed by atoms with Crippen LogP contribution in [0.5, 0.6) is 5.75 Å². The van der Waals surface area contributed by atoms with Crippen molar-refractivity contribution < 1.29 is 4.74 Å². The zero-order valence-corrected chi connectivity index (χ0v) is 14.9. The Kier molecular flexibility index (Phi) is 4.98. The van der Waals surface area contributed by atoms with Crippen molar-refractivity contribution in [2.75, 3.05) is 0 Å². The molecule has 4 heteroatoms. The molecule has 2 aromatic heterocycles. The van der Waals surface area contributed by atoms with Gasteiger partial charge in [-0.3, -0.25) is 9.67 Å². The number of nitrogens with zero attached hydrogens (tertiary/aromatic N) is 3. The van der Waals surface area contributed by atoms with Crippen LogP contribution in [0.2, 0.25) is 0 Å². The second kappa shape index (κ2) is 7.34. The Labute approximate surface area is 148 Å². The standard InChI is InChI=1S/C21H23N3O/c1-5-18-16(4)8-6-9-17(18)14-25-20-10-7-12-22-21(20)19-11-13-23-24(19)15(2)3/h5-13,15H,1,14H2,2-4H3. The Morgan fingerprint density at radius 3 is 2.76 bits per heavy atom. The number of ether oxygens (including phenoxy) is 1. The van der Waals surface area contributed by atoms with Crippen molar-refractivity contribution in [1.82, 2.24) is 14.8 Å². The summed E-state index contributed by atoms with van der Waals surface area (Å²) in [7, 11) is 0. The Balaban J connectivity index is 1.91. The number of benzene rings is 1.